The Kier molecular flexibility index (Phi) is 6.51. The molecule has 0 radical (unpaired) electrons. The number of fused-ring (bicyclic) bond motifs is 1. The second-order valence-electron chi connectivity index (χ2n) is 7.14. The number of thiazole rings is 1. The highest BCUT2D eigenvalue weighted by molar-refractivity contribution is 7.15. The van der Waals surface area contributed by atoms with Crippen molar-refractivity contribution in [2.24, 2.45) is 0 Å². The zero-order valence-electron chi connectivity index (χ0n) is 17.2. The lowest BCUT2D eigenvalue weighted by atomic mass is 10.1. The van der Waals surface area contributed by atoms with Gasteiger partial charge in [0.1, 0.15) is 11.4 Å². The van der Waals surface area contributed by atoms with Crippen LogP contribution in [0.3, 0.4) is 0 Å². The monoisotopic (exact) mass is 437 g/mol. The van der Waals surface area contributed by atoms with Gasteiger partial charge in [-0.05, 0) is 30.7 Å². The predicted molar refractivity (Wildman–Crippen MR) is 117 cm³/mol. The number of amides is 2. The molecule has 31 heavy (non-hydrogen) atoms. The summed E-state index contributed by atoms with van der Waals surface area (Å²) in [5, 5.41) is 3.27. The van der Waals surface area contributed by atoms with Crippen LogP contribution in [0.5, 0.6) is 5.75 Å². The summed E-state index contributed by atoms with van der Waals surface area (Å²) >= 11 is 1.38. The van der Waals surface area contributed by atoms with Gasteiger partial charge in [-0.3, -0.25) is 19.9 Å². The number of ether oxygens (including phenoxy) is 1. The maximum Gasteiger partial charge on any atom is 0.277 e. The third kappa shape index (κ3) is 5.05. The second kappa shape index (κ2) is 9.65. The number of carbonyl (C=O) groups excluding carboxylic acids is 2. The molecule has 2 amide bonds. The Morgan fingerprint density at radius 1 is 1.23 bits per heavy atom. The van der Waals surface area contributed by atoms with Crippen LogP contribution in [0, 0.1) is 0 Å². The quantitative estimate of drug-likeness (QED) is 0.568. The van der Waals surface area contributed by atoms with E-state index in [9.17, 15) is 9.59 Å². The number of nitrogens with zero attached hydrogens (tertiary/aromatic N) is 4. The molecule has 0 spiro atoms. The number of nitrogens with one attached hydrogen (secondary N) is 1. The van der Waals surface area contributed by atoms with Crippen molar-refractivity contribution < 1.29 is 14.3 Å². The molecular weight excluding hydrogens is 414 g/mol. The van der Waals surface area contributed by atoms with Crippen molar-refractivity contribution in [3.05, 3.63) is 64.7 Å². The SMILES string of the molecule is CCCCOc1ccc(C(=O)N2CCc3nc(NC(=O)c4cnccn4)sc3C2)cc1. The van der Waals surface area contributed by atoms with Crippen molar-refractivity contribution >= 4 is 28.3 Å². The molecule has 3 heterocycles. The molecule has 3 aromatic rings. The zero-order chi connectivity index (χ0) is 21.6. The maximum absolute atomic E-state index is 12.9. The average Bonchev–Trinajstić information content (AvgIpc) is 3.21. The van der Waals surface area contributed by atoms with Crippen molar-refractivity contribution in [3.63, 3.8) is 0 Å². The topological polar surface area (TPSA) is 97.3 Å². The Bertz CT molecular complexity index is 1050. The van der Waals surface area contributed by atoms with Crippen molar-refractivity contribution in [2.75, 3.05) is 18.5 Å². The molecule has 2 aromatic heterocycles. The van der Waals surface area contributed by atoms with Crippen LogP contribution in [0.25, 0.3) is 0 Å². The molecule has 8 nitrogen and oxygen atoms in total. The molecular formula is C22H23N5O3S. The molecule has 0 unspecified atom stereocenters. The molecule has 0 fully saturated rings. The lowest BCUT2D eigenvalue weighted by Crippen LogP contribution is -2.35. The van der Waals surface area contributed by atoms with E-state index in [2.05, 4.69) is 27.2 Å². The van der Waals surface area contributed by atoms with E-state index in [-0.39, 0.29) is 17.5 Å². The van der Waals surface area contributed by atoms with Crippen molar-refractivity contribution in [3.8, 4) is 5.75 Å². The van der Waals surface area contributed by atoms with Gasteiger partial charge in [-0.2, -0.15) is 0 Å². The molecule has 1 N–H and O–H groups in total. The van der Waals surface area contributed by atoms with Gasteiger partial charge in [0.05, 0.1) is 25.0 Å². The highest BCUT2D eigenvalue weighted by atomic mass is 32.1. The van der Waals surface area contributed by atoms with E-state index in [1.807, 2.05) is 17.0 Å². The number of hydrogen-bond donors (Lipinski definition) is 1. The number of anilines is 1. The third-order valence-corrected chi connectivity index (χ3v) is 5.90. The third-order valence-electron chi connectivity index (χ3n) is 4.90. The average molecular weight is 438 g/mol. The molecule has 9 heteroatoms. The first-order valence-electron chi connectivity index (χ1n) is 10.2. The van der Waals surface area contributed by atoms with E-state index >= 15 is 0 Å². The number of rotatable bonds is 7. The van der Waals surface area contributed by atoms with Crippen molar-refractivity contribution in [1.29, 1.82) is 0 Å². The molecule has 160 valence electrons. The van der Waals surface area contributed by atoms with Crippen molar-refractivity contribution in [1.82, 2.24) is 19.9 Å². The van der Waals surface area contributed by atoms with E-state index in [1.165, 1.54) is 29.9 Å². The Morgan fingerprint density at radius 2 is 2.06 bits per heavy atom. The number of benzene rings is 1. The summed E-state index contributed by atoms with van der Waals surface area (Å²) in [6.07, 6.45) is 7.12. The van der Waals surface area contributed by atoms with Crippen LogP contribution in [-0.4, -0.2) is 44.8 Å². The molecule has 1 aromatic carbocycles. The molecule has 1 aliphatic heterocycles. The second-order valence-corrected chi connectivity index (χ2v) is 8.22. The number of carbonyl (C=O) groups is 2. The normalized spacial score (nSPS) is 12.9. The molecule has 4 rings (SSSR count). The summed E-state index contributed by atoms with van der Waals surface area (Å²) in [5.41, 5.74) is 1.78. The fourth-order valence-corrected chi connectivity index (χ4v) is 4.23. The number of unbranched alkanes of at least 4 members (excludes halogenated alkanes) is 1. The number of aromatic nitrogens is 3. The van der Waals surface area contributed by atoms with Gasteiger partial charge in [-0.25, -0.2) is 9.97 Å². The van der Waals surface area contributed by atoms with Crippen LogP contribution in [-0.2, 0) is 13.0 Å². The van der Waals surface area contributed by atoms with Crippen LogP contribution in [0.4, 0.5) is 5.13 Å². The summed E-state index contributed by atoms with van der Waals surface area (Å²) in [5.74, 6) is 0.398. The maximum atomic E-state index is 12.9. The summed E-state index contributed by atoms with van der Waals surface area (Å²) in [4.78, 5) is 40.4. The summed E-state index contributed by atoms with van der Waals surface area (Å²) in [6, 6.07) is 7.28. The zero-order valence-corrected chi connectivity index (χ0v) is 18.0. The van der Waals surface area contributed by atoms with Gasteiger partial charge in [-0.15, -0.1) is 0 Å². The minimum Gasteiger partial charge on any atom is -0.494 e. The van der Waals surface area contributed by atoms with Crippen LogP contribution in [0.1, 0.15) is 51.2 Å². The van der Waals surface area contributed by atoms with Gasteiger partial charge in [0.15, 0.2) is 5.13 Å². The largest absolute Gasteiger partial charge is 0.494 e. The van der Waals surface area contributed by atoms with Crippen LogP contribution >= 0.6 is 11.3 Å². The fraction of sp³-hybridized carbons (Fsp3) is 0.318. The van der Waals surface area contributed by atoms with Crippen LogP contribution in [0.15, 0.2) is 42.9 Å². The Labute approximate surface area is 184 Å². The molecule has 0 atom stereocenters. The van der Waals surface area contributed by atoms with E-state index in [4.69, 9.17) is 4.74 Å². The molecule has 1 aliphatic rings. The van der Waals surface area contributed by atoms with Gasteiger partial charge < -0.3 is 9.64 Å². The lowest BCUT2D eigenvalue weighted by Gasteiger charge is -2.26. The van der Waals surface area contributed by atoms with Gasteiger partial charge in [0.2, 0.25) is 0 Å². The summed E-state index contributed by atoms with van der Waals surface area (Å²) in [7, 11) is 0. The van der Waals surface area contributed by atoms with Gasteiger partial charge >= 0.3 is 0 Å². The minimum atomic E-state index is -0.353. The molecule has 0 bridgehead atoms. The van der Waals surface area contributed by atoms with E-state index in [0.717, 1.165) is 29.2 Å². The van der Waals surface area contributed by atoms with Crippen molar-refractivity contribution in [2.45, 2.75) is 32.7 Å². The Balaban J connectivity index is 1.38. The van der Waals surface area contributed by atoms with Gasteiger partial charge in [0.25, 0.3) is 11.8 Å². The van der Waals surface area contributed by atoms with E-state index in [1.54, 1.807) is 12.1 Å². The highest BCUT2D eigenvalue weighted by Gasteiger charge is 2.25. The molecule has 0 aliphatic carbocycles. The summed E-state index contributed by atoms with van der Waals surface area (Å²) < 4.78 is 5.67. The molecule has 0 saturated heterocycles. The van der Waals surface area contributed by atoms with Crippen LogP contribution in [0.2, 0.25) is 0 Å². The minimum absolute atomic E-state index is 0.0238. The standard InChI is InChI=1S/C22H23N5O3S/c1-2-3-12-30-16-6-4-15(5-7-16)21(29)27-11-8-17-19(14-27)31-22(25-17)26-20(28)18-13-23-9-10-24-18/h4-7,9-10,13H,2-3,8,11-12,14H2,1H3,(H,25,26,28). The Hall–Kier alpha value is -3.33. The Morgan fingerprint density at radius 3 is 2.81 bits per heavy atom. The number of hydrogen-bond acceptors (Lipinski definition) is 7. The smallest absolute Gasteiger partial charge is 0.277 e. The first-order chi connectivity index (χ1) is 15.1. The van der Waals surface area contributed by atoms with Crippen LogP contribution < -0.4 is 10.1 Å². The lowest BCUT2D eigenvalue weighted by molar-refractivity contribution is 0.0736. The first-order valence-corrected chi connectivity index (χ1v) is 11.0. The van der Waals surface area contributed by atoms with Gasteiger partial charge in [-0.1, -0.05) is 24.7 Å². The predicted octanol–water partition coefficient (Wildman–Crippen LogP) is 3.56. The molecule has 0 saturated carbocycles. The van der Waals surface area contributed by atoms with E-state index in [0.29, 0.717) is 36.8 Å². The first kappa shape index (κ1) is 20.9. The fourth-order valence-electron chi connectivity index (χ4n) is 3.21. The summed E-state index contributed by atoms with van der Waals surface area (Å²) in [6.45, 7) is 3.86. The van der Waals surface area contributed by atoms with Gasteiger partial charge in [0, 0.05) is 35.8 Å². The highest BCUT2D eigenvalue weighted by Crippen LogP contribution is 2.29. The van der Waals surface area contributed by atoms with E-state index < -0.39 is 0 Å².